The van der Waals surface area contributed by atoms with Crippen molar-refractivity contribution in [3.8, 4) is 0 Å². The maximum Gasteiger partial charge on any atom is 0.131 e. The lowest BCUT2D eigenvalue weighted by atomic mass is 10.0. The summed E-state index contributed by atoms with van der Waals surface area (Å²) in [7, 11) is 0. The molecule has 0 unspecified atom stereocenters. The minimum Gasteiger partial charge on any atom is -0.369 e. The fourth-order valence-corrected chi connectivity index (χ4v) is 3.04. The Morgan fingerprint density at radius 2 is 1.94 bits per heavy atom. The lowest BCUT2D eigenvalue weighted by Crippen LogP contribution is -2.32. The zero-order valence-corrected chi connectivity index (χ0v) is 14.0. The summed E-state index contributed by atoms with van der Waals surface area (Å²) >= 11 is 5.36. The van der Waals surface area contributed by atoms with E-state index in [0.717, 1.165) is 42.1 Å². The van der Waals surface area contributed by atoms with Gasteiger partial charge in [-0.2, -0.15) is 11.8 Å². The molecule has 0 aromatic carbocycles. The summed E-state index contributed by atoms with van der Waals surface area (Å²) in [5.74, 6) is 1.78. The Morgan fingerprint density at radius 1 is 1.28 bits per heavy atom. The average molecular weight is 332 g/mol. The first-order valence-electron chi connectivity index (χ1n) is 6.41. The van der Waals surface area contributed by atoms with Gasteiger partial charge < -0.3 is 5.32 Å². The predicted octanol–water partition coefficient (Wildman–Crippen LogP) is 4.14. The van der Waals surface area contributed by atoms with Crippen LogP contribution in [0, 0.1) is 0 Å². The van der Waals surface area contributed by atoms with Gasteiger partial charge in [-0.25, -0.2) is 9.97 Å². The van der Waals surface area contributed by atoms with Crippen molar-refractivity contribution in [3.63, 3.8) is 0 Å². The summed E-state index contributed by atoms with van der Waals surface area (Å²) in [6.45, 7) is 7.49. The van der Waals surface area contributed by atoms with E-state index in [0.29, 0.717) is 4.75 Å². The number of hydrogen-bond acceptors (Lipinski definition) is 4. The molecule has 1 rings (SSSR count). The van der Waals surface area contributed by atoms with Gasteiger partial charge in [-0.05, 0) is 35.0 Å². The smallest absolute Gasteiger partial charge is 0.131 e. The standard InChI is InChI=1S/C13H22BrN3S/c1-5-11-16-10(14)8-12(17-11)15-9-13(6-2,7-3)18-4/h8H,5-7,9H2,1-4H3,(H,15,16,17). The Morgan fingerprint density at radius 3 is 2.44 bits per heavy atom. The predicted molar refractivity (Wildman–Crippen MR) is 84.4 cm³/mol. The molecule has 0 bridgehead atoms. The molecule has 1 aromatic rings. The fraction of sp³-hybridized carbons (Fsp3) is 0.692. The van der Waals surface area contributed by atoms with Gasteiger partial charge >= 0.3 is 0 Å². The van der Waals surface area contributed by atoms with Crippen LogP contribution in [0.25, 0.3) is 0 Å². The van der Waals surface area contributed by atoms with Crippen LogP contribution in [0.4, 0.5) is 5.82 Å². The average Bonchev–Trinajstić information content (AvgIpc) is 2.40. The molecule has 0 aliphatic rings. The van der Waals surface area contributed by atoms with E-state index in [9.17, 15) is 0 Å². The Labute approximate surface area is 123 Å². The summed E-state index contributed by atoms with van der Waals surface area (Å²) in [5, 5.41) is 3.45. The lowest BCUT2D eigenvalue weighted by molar-refractivity contribution is 0.573. The molecule has 3 nitrogen and oxygen atoms in total. The van der Waals surface area contributed by atoms with Gasteiger partial charge in [0.25, 0.3) is 0 Å². The summed E-state index contributed by atoms with van der Waals surface area (Å²) < 4.78 is 1.14. The molecule has 102 valence electrons. The summed E-state index contributed by atoms with van der Waals surface area (Å²) in [6, 6.07) is 1.94. The zero-order chi connectivity index (χ0) is 13.6. The third-order valence-electron chi connectivity index (χ3n) is 3.37. The minimum absolute atomic E-state index is 0.295. The number of aryl methyl sites for hydroxylation is 1. The highest BCUT2D eigenvalue weighted by atomic mass is 79.9. The van der Waals surface area contributed by atoms with Gasteiger partial charge in [-0.15, -0.1) is 0 Å². The lowest BCUT2D eigenvalue weighted by Gasteiger charge is -2.30. The second-order valence-electron chi connectivity index (χ2n) is 4.29. The molecule has 1 N–H and O–H groups in total. The summed E-state index contributed by atoms with van der Waals surface area (Å²) in [6.07, 6.45) is 5.35. The normalized spacial score (nSPS) is 11.6. The molecule has 0 saturated carbocycles. The van der Waals surface area contributed by atoms with Crippen LogP contribution < -0.4 is 5.32 Å². The molecule has 1 aromatic heterocycles. The van der Waals surface area contributed by atoms with Gasteiger partial charge in [0.2, 0.25) is 0 Å². The third-order valence-corrected chi connectivity index (χ3v) is 5.36. The first kappa shape index (κ1) is 15.8. The molecule has 0 aliphatic carbocycles. The van der Waals surface area contributed by atoms with Crippen molar-refractivity contribution >= 4 is 33.5 Å². The number of nitrogens with one attached hydrogen (secondary N) is 1. The van der Waals surface area contributed by atoms with Crippen LogP contribution in [0.5, 0.6) is 0 Å². The number of nitrogens with zero attached hydrogens (tertiary/aromatic N) is 2. The van der Waals surface area contributed by atoms with E-state index in [-0.39, 0.29) is 0 Å². The van der Waals surface area contributed by atoms with Crippen LogP contribution in [-0.2, 0) is 6.42 Å². The van der Waals surface area contributed by atoms with Crippen molar-refractivity contribution < 1.29 is 0 Å². The van der Waals surface area contributed by atoms with Gasteiger partial charge in [0.15, 0.2) is 0 Å². The van der Waals surface area contributed by atoms with Crippen LogP contribution in [0.3, 0.4) is 0 Å². The second kappa shape index (κ2) is 7.34. The van der Waals surface area contributed by atoms with E-state index in [2.05, 4.69) is 58.2 Å². The van der Waals surface area contributed by atoms with Crippen molar-refractivity contribution in [1.29, 1.82) is 0 Å². The van der Waals surface area contributed by atoms with Crippen molar-refractivity contribution in [2.75, 3.05) is 18.1 Å². The van der Waals surface area contributed by atoms with Gasteiger partial charge in [0.05, 0.1) is 0 Å². The fourth-order valence-electron chi connectivity index (χ4n) is 1.83. The quantitative estimate of drug-likeness (QED) is 0.762. The Hall–Kier alpha value is -0.290. The number of halogens is 1. The molecular formula is C13H22BrN3S. The zero-order valence-electron chi connectivity index (χ0n) is 11.6. The van der Waals surface area contributed by atoms with Gasteiger partial charge in [-0.3, -0.25) is 0 Å². The number of thioether (sulfide) groups is 1. The Balaban J connectivity index is 2.76. The molecule has 0 aliphatic heterocycles. The summed E-state index contributed by atoms with van der Waals surface area (Å²) in [5.41, 5.74) is 0. The van der Waals surface area contributed by atoms with Gasteiger partial charge in [0, 0.05) is 23.8 Å². The maximum absolute atomic E-state index is 4.50. The number of hydrogen-bond donors (Lipinski definition) is 1. The Kier molecular flexibility index (Phi) is 6.43. The van der Waals surface area contributed by atoms with Crippen LogP contribution in [0.2, 0.25) is 0 Å². The summed E-state index contributed by atoms with van der Waals surface area (Å²) in [4.78, 5) is 8.81. The molecule has 18 heavy (non-hydrogen) atoms. The first-order chi connectivity index (χ1) is 8.59. The highest BCUT2D eigenvalue weighted by Crippen LogP contribution is 2.30. The van der Waals surface area contributed by atoms with E-state index < -0.39 is 0 Å². The SMILES string of the molecule is CCc1nc(Br)cc(NCC(CC)(CC)SC)n1. The maximum atomic E-state index is 4.50. The minimum atomic E-state index is 0.295. The largest absolute Gasteiger partial charge is 0.369 e. The Bertz CT molecular complexity index is 372. The molecule has 0 fully saturated rings. The molecule has 1 heterocycles. The third kappa shape index (κ3) is 4.12. The number of rotatable bonds is 7. The van der Waals surface area contributed by atoms with E-state index in [1.807, 2.05) is 17.8 Å². The van der Waals surface area contributed by atoms with Gasteiger partial charge in [0.1, 0.15) is 16.2 Å². The molecule has 5 heteroatoms. The highest BCUT2D eigenvalue weighted by molar-refractivity contribution is 9.10. The first-order valence-corrected chi connectivity index (χ1v) is 8.43. The molecule has 0 radical (unpaired) electrons. The molecular weight excluding hydrogens is 310 g/mol. The van der Waals surface area contributed by atoms with E-state index in [4.69, 9.17) is 0 Å². The van der Waals surface area contributed by atoms with Crippen LogP contribution >= 0.6 is 27.7 Å². The van der Waals surface area contributed by atoms with Crippen LogP contribution in [0.1, 0.15) is 39.4 Å². The monoisotopic (exact) mass is 331 g/mol. The van der Waals surface area contributed by atoms with Crippen molar-refractivity contribution in [1.82, 2.24) is 9.97 Å². The van der Waals surface area contributed by atoms with Crippen LogP contribution in [0.15, 0.2) is 10.7 Å². The second-order valence-corrected chi connectivity index (χ2v) is 6.38. The van der Waals surface area contributed by atoms with E-state index in [1.54, 1.807) is 0 Å². The molecule has 0 atom stereocenters. The highest BCUT2D eigenvalue weighted by Gasteiger charge is 2.24. The number of aromatic nitrogens is 2. The molecule has 0 spiro atoms. The van der Waals surface area contributed by atoms with Gasteiger partial charge in [-0.1, -0.05) is 20.8 Å². The molecule has 0 saturated heterocycles. The van der Waals surface area contributed by atoms with E-state index >= 15 is 0 Å². The topological polar surface area (TPSA) is 37.8 Å². The van der Waals surface area contributed by atoms with Crippen LogP contribution in [-0.4, -0.2) is 27.5 Å². The van der Waals surface area contributed by atoms with Crippen molar-refractivity contribution in [3.05, 3.63) is 16.5 Å². The number of anilines is 1. The van der Waals surface area contributed by atoms with Crippen molar-refractivity contribution in [2.45, 2.75) is 44.8 Å². The van der Waals surface area contributed by atoms with E-state index in [1.165, 1.54) is 0 Å². The van der Waals surface area contributed by atoms with Crippen molar-refractivity contribution in [2.24, 2.45) is 0 Å². The molecule has 0 amide bonds.